The zero-order valence-corrected chi connectivity index (χ0v) is 10.5. The number of benzene rings is 1. The van der Waals surface area contributed by atoms with Gasteiger partial charge in [0, 0.05) is 18.6 Å². The Balaban J connectivity index is 2.43. The van der Waals surface area contributed by atoms with E-state index < -0.39 is 0 Å². The lowest BCUT2D eigenvalue weighted by Gasteiger charge is -1.96. The Morgan fingerprint density at radius 1 is 1.33 bits per heavy atom. The maximum Gasteiger partial charge on any atom is 0.335 e. The average Bonchev–Trinajstić information content (AvgIpc) is 2.85. The lowest BCUT2D eigenvalue weighted by atomic mass is 10.3. The van der Waals surface area contributed by atoms with Gasteiger partial charge in [-0.1, -0.05) is 0 Å². The van der Waals surface area contributed by atoms with Crippen molar-refractivity contribution < 1.29 is 4.39 Å². The monoisotopic (exact) mass is 264 g/mol. The molecule has 7 heteroatoms. The Hall–Kier alpha value is -2.02. The number of halogens is 1. The van der Waals surface area contributed by atoms with Gasteiger partial charge in [-0.3, -0.25) is 4.57 Å². The molecular weight excluding hydrogens is 255 g/mol. The SMILES string of the molecule is Cc1nsc(-n2c(=O)n(C)c3cc(F)ccc32)n1. The number of aromatic nitrogens is 4. The summed E-state index contributed by atoms with van der Waals surface area (Å²) >= 11 is 1.14. The zero-order valence-electron chi connectivity index (χ0n) is 9.72. The predicted molar refractivity (Wildman–Crippen MR) is 66.7 cm³/mol. The van der Waals surface area contributed by atoms with Crippen molar-refractivity contribution in [3.8, 4) is 5.13 Å². The van der Waals surface area contributed by atoms with Gasteiger partial charge in [-0.15, -0.1) is 0 Å². The van der Waals surface area contributed by atoms with Crippen molar-refractivity contribution in [2.24, 2.45) is 7.05 Å². The maximum absolute atomic E-state index is 13.2. The van der Waals surface area contributed by atoms with Gasteiger partial charge in [-0.25, -0.2) is 18.7 Å². The standard InChI is InChI=1S/C11H9FN4OS/c1-6-13-10(18-14-6)16-8-4-3-7(12)5-9(8)15(2)11(16)17/h3-5H,1-2H3. The van der Waals surface area contributed by atoms with Crippen LogP contribution in [0.2, 0.25) is 0 Å². The quantitative estimate of drug-likeness (QED) is 0.671. The van der Waals surface area contributed by atoms with Crippen molar-refractivity contribution in [2.75, 3.05) is 0 Å². The average molecular weight is 264 g/mol. The summed E-state index contributed by atoms with van der Waals surface area (Å²) in [6.07, 6.45) is 0. The Bertz CT molecular complexity index is 801. The summed E-state index contributed by atoms with van der Waals surface area (Å²) in [7, 11) is 1.61. The molecule has 2 heterocycles. The molecule has 1 aromatic carbocycles. The van der Waals surface area contributed by atoms with Crippen molar-refractivity contribution >= 4 is 22.6 Å². The second kappa shape index (κ2) is 3.74. The first-order valence-electron chi connectivity index (χ1n) is 5.25. The van der Waals surface area contributed by atoms with E-state index in [2.05, 4.69) is 9.36 Å². The molecule has 0 atom stereocenters. The van der Waals surface area contributed by atoms with E-state index in [0.717, 1.165) is 11.5 Å². The largest absolute Gasteiger partial charge is 0.335 e. The summed E-state index contributed by atoms with van der Waals surface area (Å²) in [5.41, 5.74) is 0.902. The molecule has 2 aromatic heterocycles. The molecule has 0 saturated heterocycles. The highest BCUT2D eigenvalue weighted by atomic mass is 32.1. The molecular formula is C11H9FN4OS. The predicted octanol–water partition coefficient (Wildman–Crippen LogP) is 1.63. The normalized spacial score (nSPS) is 11.3. The molecule has 0 bridgehead atoms. The molecule has 0 spiro atoms. The molecule has 3 aromatic rings. The van der Waals surface area contributed by atoms with Crippen LogP contribution < -0.4 is 5.69 Å². The first-order valence-corrected chi connectivity index (χ1v) is 6.03. The minimum absolute atomic E-state index is 0.258. The highest BCUT2D eigenvalue weighted by Gasteiger charge is 2.15. The van der Waals surface area contributed by atoms with Crippen LogP contribution in [-0.2, 0) is 7.05 Å². The van der Waals surface area contributed by atoms with Crippen molar-refractivity contribution in [1.29, 1.82) is 0 Å². The molecule has 0 fully saturated rings. The summed E-state index contributed by atoms with van der Waals surface area (Å²) in [4.78, 5) is 16.3. The first kappa shape index (κ1) is 11.1. The number of rotatable bonds is 1. The fraction of sp³-hybridized carbons (Fsp3) is 0.182. The van der Waals surface area contributed by atoms with Crippen LogP contribution in [0.15, 0.2) is 23.0 Å². The van der Waals surface area contributed by atoms with Crippen molar-refractivity contribution in [3.05, 3.63) is 40.3 Å². The second-order valence-corrected chi connectivity index (χ2v) is 4.66. The number of nitrogens with zero attached hydrogens (tertiary/aromatic N) is 4. The summed E-state index contributed by atoms with van der Waals surface area (Å²) in [5, 5.41) is 0.495. The lowest BCUT2D eigenvalue weighted by molar-refractivity contribution is 0.628. The van der Waals surface area contributed by atoms with Crippen LogP contribution in [0.1, 0.15) is 5.82 Å². The summed E-state index contributed by atoms with van der Waals surface area (Å²) in [6.45, 7) is 1.76. The highest BCUT2D eigenvalue weighted by molar-refractivity contribution is 7.08. The third kappa shape index (κ3) is 1.47. The van der Waals surface area contributed by atoms with Gasteiger partial charge in [0.2, 0.25) is 5.13 Å². The fourth-order valence-electron chi connectivity index (χ4n) is 1.87. The van der Waals surface area contributed by atoms with E-state index in [1.807, 2.05) is 0 Å². The Labute approximate surface area is 105 Å². The molecule has 92 valence electrons. The van der Waals surface area contributed by atoms with Crippen LogP contribution in [-0.4, -0.2) is 18.5 Å². The minimum atomic E-state index is -0.372. The molecule has 0 aliphatic carbocycles. The van der Waals surface area contributed by atoms with Gasteiger partial charge in [0.25, 0.3) is 0 Å². The molecule has 18 heavy (non-hydrogen) atoms. The smallest absolute Gasteiger partial charge is 0.295 e. The Kier molecular flexibility index (Phi) is 2.30. The van der Waals surface area contributed by atoms with Crippen LogP contribution in [0, 0.1) is 12.7 Å². The van der Waals surface area contributed by atoms with E-state index >= 15 is 0 Å². The van der Waals surface area contributed by atoms with Crippen LogP contribution in [0.5, 0.6) is 0 Å². The van der Waals surface area contributed by atoms with Gasteiger partial charge in [0.15, 0.2) is 0 Å². The number of hydrogen-bond donors (Lipinski definition) is 0. The van der Waals surface area contributed by atoms with Crippen LogP contribution >= 0.6 is 11.5 Å². The van der Waals surface area contributed by atoms with Gasteiger partial charge in [-0.05, 0) is 25.1 Å². The van der Waals surface area contributed by atoms with E-state index in [1.54, 1.807) is 20.0 Å². The molecule has 0 aliphatic rings. The van der Waals surface area contributed by atoms with E-state index in [1.165, 1.54) is 21.3 Å². The van der Waals surface area contributed by atoms with E-state index in [4.69, 9.17) is 0 Å². The minimum Gasteiger partial charge on any atom is -0.295 e. The van der Waals surface area contributed by atoms with Crippen LogP contribution in [0.25, 0.3) is 16.2 Å². The van der Waals surface area contributed by atoms with Crippen LogP contribution in [0.3, 0.4) is 0 Å². The third-order valence-corrected chi connectivity index (χ3v) is 3.52. The van der Waals surface area contributed by atoms with Gasteiger partial charge in [-0.2, -0.15) is 4.37 Å². The maximum atomic E-state index is 13.2. The number of hydrogen-bond acceptors (Lipinski definition) is 4. The molecule has 0 amide bonds. The van der Waals surface area contributed by atoms with E-state index in [9.17, 15) is 9.18 Å². The number of imidazole rings is 1. The second-order valence-electron chi connectivity index (χ2n) is 3.93. The number of aryl methyl sites for hydroxylation is 2. The summed E-state index contributed by atoms with van der Waals surface area (Å²) in [6, 6.07) is 4.23. The number of fused-ring (bicyclic) bond motifs is 1. The van der Waals surface area contributed by atoms with Gasteiger partial charge in [0.05, 0.1) is 11.0 Å². The van der Waals surface area contributed by atoms with Gasteiger partial charge in [0.1, 0.15) is 11.6 Å². The fourth-order valence-corrected chi connectivity index (χ4v) is 2.56. The van der Waals surface area contributed by atoms with Gasteiger partial charge >= 0.3 is 5.69 Å². The van der Waals surface area contributed by atoms with E-state index in [0.29, 0.717) is 22.0 Å². The van der Waals surface area contributed by atoms with Gasteiger partial charge < -0.3 is 0 Å². The Morgan fingerprint density at radius 3 is 2.78 bits per heavy atom. The molecule has 0 aliphatic heterocycles. The van der Waals surface area contributed by atoms with Crippen LogP contribution in [0.4, 0.5) is 4.39 Å². The third-order valence-electron chi connectivity index (χ3n) is 2.73. The lowest BCUT2D eigenvalue weighted by Crippen LogP contribution is -2.20. The molecule has 0 unspecified atom stereocenters. The first-order chi connectivity index (χ1) is 8.58. The van der Waals surface area contributed by atoms with Crippen molar-refractivity contribution in [1.82, 2.24) is 18.5 Å². The van der Waals surface area contributed by atoms with E-state index in [-0.39, 0.29) is 11.5 Å². The molecule has 0 N–H and O–H groups in total. The molecule has 5 nitrogen and oxygen atoms in total. The highest BCUT2D eigenvalue weighted by Crippen LogP contribution is 2.19. The molecule has 0 radical (unpaired) electrons. The topological polar surface area (TPSA) is 52.7 Å². The summed E-state index contributed by atoms with van der Waals surface area (Å²) < 4.78 is 20.1. The molecule has 0 saturated carbocycles. The molecule has 3 rings (SSSR count). The van der Waals surface area contributed by atoms with Crippen molar-refractivity contribution in [2.45, 2.75) is 6.92 Å². The summed E-state index contributed by atoms with van der Waals surface area (Å²) in [5.74, 6) is 0.240. The zero-order chi connectivity index (χ0) is 12.9. The Morgan fingerprint density at radius 2 is 2.11 bits per heavy atom. The van der Waals surface area contributed by atoms with Crippen molar-refractivity contribution in [3.63, 3.8) is 0 Å².